The summed E-state index contributed by atoms with van der Waals surface area (Å²) >= 11 is 0. The van der Waals surface area contributed by atoms with Crippen LogP contribution in [-0.2, 0) is 0 Å². The monoisotopic (exact) mass is 171 g/mol. The molecule has 2 aromatic carbocycles. The predicted molar refractivity (Wildman–Crippen MR) is 54.0 cm³/mol. The second kappa shape index (κ2) is 3.48. The lowest BCUT2D eigenvalue weighted by atomic mass is 10.1. The van der Waals surface area contributed by atoms with Gasteiger partial charge >= 0.3 is 0 Å². The van der Waals surface area contributed by atoms with E-state index in [9.17, 15) is 0 Å². The number of hydrogen-bond donors (Lipinski definition) is 0. The minimum atomic E-state index is 0.710. The van der Waals surface area contributed by atoms with E-state index in [0.29, 0.717) is 6.61 Å². The Morgan fingerprint density at radius 2 is 2.23 bits per heavy atom. The summed E-state index contributed by atoms with van der Waals surface area (Å²) in [6.07, 6.45) is 0. The van der Waals surface area contributed by atoms with Gasteiger partial charge in [0.25, 0.3) is 0 Å². The van der Waals surface area contributed by atoms with Crippen molar-refractivity contribution in [1.29, 1.82) is 0 Å². The Morgan fingerprint density at radius 3 is 3.08 bits per heavy atom. The van der Waals surface area contributed by atoms with E-state index in [1.54, 1.807) is 0 Å². The molecule has 2 aromatic rings. The van der Waals surface area contributed by atoms with Gasteiger partial charge in [-0.05, 0) is 35.9 Å². The highest BCUT2D eigenvalue weighted by Crippen LogP contribution is 2.19. The molecule has 65 valence electrons. The normalized spacial score (nSPS) is 10.2. The number of benzene rings is 2. The van der Waals surface area contributed by atoms with Crippen molar-refractivity contribution in [2.75, 3.05) is 6.61 Å². The Morgan fingerprint density at radius 1 is 1.31 bits per heavy atom. The molecular formula is C12H11O. The first-order chi connectivity index (χ1) is 6.40. The molecule has 0 heterocycles. The van der Waals surface area contributed by atoms with E-state index in [1.165, 1.54) is 5.39 Å². The molecule has 0 fully saturated rings. The third-order valence-corrected chi connectivity index (χ3v) is 1.94. The third-order valence-electron chi connectivity index (χ3n) is 1.94. The first kappa shape index (κ1) is 8.11. The lowest BCUT2D eigenvalue weighted by molar-refractivity contribution is 0.341. The Bertz CT molecular complexity index is 407. The molecule has 1 radical (unpaired) electrons. The van der Waals surface area contributed by atoms with Crippen molar-refractivity contribution in [2.45, 2.75) is 6.92 Å². The predicted octanol–water partition coefficient (Wildman–Crippen LogP) is 3.04. The summed E-state index contributed by atoms with van der Waals surface area (Å²) in [6.45, 7) is 2.70. The van der Waals surface area contributed by atoms with Gasteiger partial charge in [0.05, 0.1) is 6.61 Å². The largest absolute Gasteiger partial charge is 0.494 e. The van der Waals surface area contributed by atoms with E-state index < -0.39 is 0 Å². The first-order valence-electron chi connectivity index (χ1n) is 4.43. The van der Waals surface area contributed by atoms with Crippen LogP contribution in [0.15, 0.2) is 36.4 Å². The summed E-state index contributed by atoms with van der Waals surface area (Å²) in [7, 11) is 0. The van der Waals surface area contributed by atoms with Crippen molar-refractivity contribution in [1.82, 2.24) is 0 Å². The Hall–Kier alpha value is -1.50. The van der Waals surface area contributed by atoms with Crippen molar-refractivity contribution < 1.29 is 4.74 Å². The summed E-state index contributed by atoms with van der Waals surface area (Å²) in [5.41, 5.74) is 0. The van der Waals surface area contributed by atoms with Gasteiger partial charge in [0, 0.05) is 0 Å². The van der Waals surface area contributed by atoms with E-state index in [2.05, 4.69) is 12.1 Å². The Labute approximate surface area is 78.0 Å². The average Bonchev–Trinajstić information content (AvgIpc) is 2.18. The zero-order valence-electron chi connectivity index (χ0n) is 7.58. The molecule has 1 nitrogen and oxygen atoms in total. The molecule has 0 aliphatic carbocycles. The smallest absolute Gasteiger partial charge is 0.119 e. The SMILES string of the molecule is CCOc1ccc2[c]cccc2c1. The van der Waals surface area contributed by atoms with Crippen LogP contribution in [0.3, 0.4) is 0 Å². The van der Waals surface area contributed by atoms with Crippen LogP contribution in [0.2, 0.25) is 0 Å². The van der Waals surface area contributed by atoms with Crippen LogP contribution >= 0.6 is 0 Å². The number of hydrogen-bond acceptors (Lipinski definition) is 1. The van der Waals surface area contributed by atoms with Gasteiger partial charge in [-0.1, -0.05) is 24.3 Å². The summed E-state index contributed by atoms with van der Waals surface area (Å²) in [4.78, 5) is 0. The summed E-state index contributed by atoms with van der Waals surface area (Å²) in [6, 6.07) is 15.2. The van der Waals surface area contributed by atoms with Gasteiger partial charge in [0.1, 0.15) is 5.75 Å². The van der Waals surface area contributed by atoms with Gasteiger partial charge in [-0.2, -0.15) is 0 Å². The molecule has 0 N–H and O–H groups in total. The lowest BCUT2D eigenvalue weighted by Gasteiger charge is -2.03. The fourth-order valence-electron chi connectivity index (χ4n) is 1.36. The highest BCUT2D eigenvalue weighted by atomic mass is 16.5. The van der Waals surface area contributed by atoms with E-state index in [1.807, 2.05) is 37.3 Å². The third kappa shape index (κ3) is 1.64. The minimum absolute atomic E-state index is 0.710. The average molecular weight is 171 g/mol. The summed E-state index contributed by atoms with van der Waals surface area (Å²) in [5.74, 6) is 0.926. The maximum atomic E-state index is 5.40. The number of rotatable bonds is 2. The maximum Gasteiger partial charge on any atom is 0.119 e. The van der Waals surface area contributed by atoms with Crippen molar-refractivity contribution >= 4 is 10.8 Å². The van der Waals surface area contributed by atoms with Gasteiger partial charge in [-0.15, -0.1) is 0 Å². The van der Waals surface area contributed by atoms with Gasteiger partial charge in [0.2, 0.25) is 0 Å². The zero-order valence-corrected chi connectivity index (χ0v) is 7.58. The highest BCUT2D eigenvalue weighted by molar-refractivity contribution is 5.83. The van der Waals surface area contributed by atoms with Gasteiger partial charge in [-0.25, -0.2) is 0 Å². The lowest BCUT2D eigenvalue weighted by Crippen LogP contribution is -1.90. The summed E-state index contributed by atoms with van der Waals surface area (Å²) in [5, 5.41) is 2.31. The minimum Gasteiger partial charge on any atom is -0.494 e. The molecule has 0 aliphatic rings. The van der Waals surface area contributed by atoms with E-state index >= 15 is 0 Å². The molecule has 0 aliphatic heterocycles. The molecule has 1 heteroatoms. The molecule has 2 rings (SSSR count). The second-order valence-corrected chi connectivity index (χ2v) is 2.85. The topological polar surface area (TPSA) is 9.23 Å². The summed E-state index contributed by atoms with van der Waals surface area (Å²) < 4.78 is 5.40. The van der Waals surface area contributed by atoms with Crippen molar-refractivity contribution in [3.8, 4) is 5.75 Å². The van der Waals surface area contributed by atoms with Crippen molar-refractivity contribution in [2.24, 2.45) is 0 Å². The van der Waals surface area contributed by atoms with E-state index in [4.69, 9.17) is 4.74 Å². The van der Waals surface area contributed by atoms with Crippen LogP contribution in [-0.4, -0.2) is 6.61 Å². The molecule has 0 unspecified atom stereocenters. The Kier molecular flexibility index (Phi) is 2.17. The van der Waals surface area contributed by atoms with Crippen molar-refractivity contribution in [3.63, 3.8) is 0 Å². The standard InChI is InChI=1S/C12H11O/c1-2-13-12-8-7-10-5-3-4-6-11(10)9-12/h3-4,6-9H,2H2,1H3. The van der Waals surface area contributed by atoms with Crippen LogP contribution in [0.5, 0.6) is 5.75 Å². The Balaban J connectivity index is 2.49. The molecule has 0 atom stereocenters. The fourth-order valence-corrected chi connectivity index (χ4v) is 1.36. The quantitative estimate of drug-likeness (QED) is 0.674. The number of fused-ring (bicyclic) bond motifs is 1. The molecule has 0 amide bonds. The van der Waals surface area contributed by atoms with Gasteiger partial charge in [-0.3, -0.25) is 0 Å². The van der Waals surface area contributed by atoms with Gasteiger partial charge < -0.3 is 4.74 Å². The van der Waals surface area contributed by atoms with Crippen molar-refractivity contribution in [3.05, 3.63) is 42.5 Å². The zero-order chi connectivity index (χ0) is 9.10. The van der Waals surface area contributed by atoms with Crippen LogP contribution in [0.25, 0.3) is 10.8 Å². The molecular weight excluding hydrogens is 160 g/mol. The van der Waals surface area contributed by atoms with E-state index in [0.717, 1.165) is 11.1 Å². The molecule has 13 heavy (non-hydrogen) atoms. The van der Waals surface area contributed by atoms with Crippen LogP contribution in [0.1, 0.15) is 6.92 Å². The molecule has 0 aromatic heterocycles. The first-order valence-corrected chi connectivity index (χ1v) is 4.43. The molecule has 0 bridgehead atoms. The van der Waals surface area contributed by atoms with Crippen LogP contribution in [0.4, 0.5) is 0 Å². The van der Waals surface area contributed by atoms with Crippen LogP contribution < -0.4 is 4.74 Å². The maximum absolute atomic E-state index is 5.40. The molecule has 0 saturated carbocycles. The molecule has 0 spiro atoms. The van der Waals surface area contributed by atoms with Gasteiger partial charge in [0.15, 0.2) is 0 Å². The van der Waals surface area contributed by atoms with E-state index in [-0.39, 0.29) is 0 Å². The highest BCUT2D eigenvalue weighted by Gasteiger charge is 1.94. The number of ether oxygens (including phenoxy) is 1. The van der Waals surface area contributed by atoms with Crippen LogP contribution in [0, 0.1) is 6.07 Å². The molecule has 0 saturated heterocycles. The second-order valence-electron chi connectivity index (χ2n) is 2.85. The fraction of sp³-hybridized carbons (Fsp3) is 0.167.